The van der Waals surface area contributed by atoms with Crippen LogP contribution in [-0.4, -0.2) is 39.9 Å². The Labute approximate surface area is 118 Å². The number of phenolic OH excluding ortho intramolecular Hbond substituents is 1. The van der Waals surface area contributed by atoms with E-state index in [4.69, 9.17) is 4.74 Å². The molecule has 2 rings (SSSR count). The van der Waals surface area contributed by atoms with Gasteiger partial charge in [-0.15, -0.1) is 0 Å². The smallest absolute Gasteiger partial charge is 0.410 e. The van der Waals surface area contributed by atoms with E-state index < -0.39 is 17.3 Å². The summed E-state index contributed by atoms with van der Waals surface area (Å²) in [7, 11) is 0. The molecule has 20 heavy (non-hydrogen) atoms. The van der Waals surface area contributed by atoms with E-state index in [1.165, 1.54) is 17.0 Å². The summed E-state index contributed by atoms with van der Waals surface area (Å²) in [6.07, 6.45) is 0.0454. The van der Waals surface area contributed by atoms with Gasteiger partial charge in [-0.2, -0.15) is 0 Å². The van der Waals surface area contributed by atoms with Gasteiger partial charge in [-0.1, -0.05) is 12.1 Å². The molecule has 1 heterocycles. The highest BCUT2D eigenvalue weighted by atomic mass is 16.6. The first-order chi connectivity index (χ1) is 9.20. The normalized spacial score (nSPS) is 22.9. The number of nitrogens with zero attached hydrogens (tertiary/aromatic N) is 1. The molecular weight excluding hydrogens is 258 g/mol. The van der Waals surface area contributed by atoms with E-state index in [9.17, 15) is 15.0 Å². The quantitative estimate of drug-likeness (QED) is 0.827. The number of carbonyl (C=O) groups is 1. The molecule has 1 aromatic rings. The van der Waals surface area contributed by atoms with Crippen LogP contribution in [0.5, 0.6) is 5.75 Å². The Morgan fingerprint density at radius 3 is 2.45 bits per heavy atom. The van der Waals surface area contributed by atoms with Gasteiger partial charge in [0.15, 0.2) is 0 Å². The maximum Gasteiger partial charge on any atom is 0.410 e. The number of benzene rings is 1. The summed E-state index contributed by atoms with van der Waals surface area (Å²) in [5.41, 5.74) is -0.928. The highest BCUT2D eigenvalue weighted by Crippen LogP contribution is 2.33. The van der Waals surface area contributed by atoms with Crippen LogP contribution in [0.1, 0.15) is 32.8 Å². The molecule has 1 aromatic carbocycles. The van der Waals surface area contributed by atoms with Crippen LogP contribution in [0, 0.1) is 0 Å². The van der Waals surface area contributed by atoms with E-state index in [1.54, 1.807) is 12.1 Å². The summed E-state index contributed by atoms with van der Waals surface area (Å²) in [4.78, 5) is 13.5. The lowest BCUT2D eigenvalue weighted by molar-refractivity contribution is 0.0140. The number of likely N-dealkylation sites (tertiary alicyclic amines) is 1. The molecule has 0 spiro atoms. The predicted molar refractivity (Wildman–Crippen MR) is 74.4 cm³/mol. The van der Waals surface area contributed by atoms with Gasteiger partial charge in [0.25, 0.3) is 0 Å². The Hall–Kier alpha value is -1.75. The molecule has 1 atom stereocenters. The number of β-amino-alcohol motifs (C(OH)–C–C–N with tert-alkyl or cyclic N) is 1. The lowest BCUT2D eigenvalue weighted by atomic mass is 9.93. The topological polar surface area (TPSA) is 70.0 Å². The van der Waals surface area contributed by atoms with E-state index in [0.717, 1.165) is 0 Å². The molecule has 1 unspecified atom stereocenters. The molecule has 1 aliphatic rings. The zero-order valence-electron chi connectivity index (χ0n) is 12.1. The zero-order chi connectivity index (χ0) is 15.0. The number of ether oxygens (including phenoxy) is 1. The number of amides is 1. The van der Waals surface area contributed by atoms with Crippen molar-refractivity contribution in [2.24, 2.45) is 0 Å². The van der Waals surface area contributed by atoms with Crippen LogP contribution in [0.4, 0.5) is 4.79 Å². The van der Waals surface area contributed by atoms with Crippen LogP contribution < -0.4 is 0 Å². The lowest BCUT2D eigenvalue weighted by Gasteiger charge is -2.26. The van der Waals surface area contributed by atoms with Crippen LogP contribution in [0.3, 0.4) is 0 Å². The van der Waals surface area contributed by atoms with Crippen LogP contribution in [-0.2, 0) is 10.3 Å². The minimum Gasteiger partial charge on any atom is -0.508 e. The Kier molecular flexibility index (Phi) is 3.65. The van der Waals surface area contributed by atoms with Gasteiger partial charge in [-0.3, -0.25) is 0 Å². The monoisotopic (exact) mass is 279 g/mol. The maximum atomic E-state index is 12.0. The molecular formula is C15H21NO4. The van der Waals surface area contributed by atoms with Gasteiger partial charge in [0.05, 0.1) is 6.54 Å². The third-order valence-corrected chi connectivity index (χ3v) is 3.30. The number of rotatable bonds is 1. The van der Waals surface area contributed by atoms with E-state index >= 15 is 0 Å². The second-order valence-corrected chi connectivity index (χ2v) is 6.23. The second-order valence-electron chi connectivity index (χ2n) is 6.23. The van der Waals surface area contributed by atoms with Crippen molar-refractivity contribution in [3.05, 3.63) is 29.8 Å². The number of phenols is 1. The fourth-order valence-electron chi connectivity index (χ4n) is 2.28. The number of aromatic hydroxyl groups is 1. The van der Waals surface area contributed by atoms with Crippen LogP contribution in [0.2, 0.25) is 0 Å². The second kappa shape index (κ2) is 4.98. The first-order valence-corrected chi connectivity index (χ1v) is 6.69. The average molecular weight is 279 g/mol. The standard InChI is InChI=1S/C15H21NO4/c1-14(2,3)20-13(18)16-9-8-15(19,10-16)11-4-6-12(17)7-5-11/h4-7,17,19H,8-10H2,1-3H3. The third-order valence-electron chi connectivity index (χ3n) is 3.30. The fourth-order valence-corrected chi connectivity index (χ4v) is 2.28. The van der Waals surface area contributed by atoms with Gasteiger partial charge in [0.2, 0.25) is 0 Å². The predicted octanol–water partition coefficient (Wildman–Crippen LogP) is 2.22. The van der Waals surface area contributed by atoms with Crippen molar-refractivity contribution >= 4 is 6.09 Å². The molecule has 1 amide bonds. The molecule has 1 saturated heterocycles. The van der Waals surface area contributed by atoms with Gasteiger partial charge in [-0.25, -0.2) is 4.79 Å². The molecule has 110 valence electrons. The number of aliphatic hydroxyl groups is 1. The van der Waals surface area contributed by atoms with Gasteiger partial charge >= 0.3 is 6.09 Å². The highest BCUT2D eigenvalue weighted by Gasteiger charge is 2.40. The minimum atomic E-state index is -1.08. The van der Waals surface area contributed by atoms with Gasteiger partial charge in [-0.05, 0) is 44.9 Å². The molecule has 5 nitrogen and oxygen atoms in total. The van der Waals surface area contributed by atoms with E-state index in [2.05, 4.69) is 0 Å². The molecule has 0 aliphatic carbocycles. The highest BCUT2D eigenvalue weighted by molar-refractivity contribution is 5.68. The summed E-state index contributed by atoms with van der Waals surface area (Å²) in [5.74, 6) is 0.152. The first-order valence-electron chi connectivity index (χ1n) is 6.69. The summed E-state index contributed by atoms with van der Waals surface area (Å²) in [6, 6.07) is 6.41. The molecule has 2 N–H and O–H groups in total. The third kappa shape index (κ3) is 3.22. The summed E-state index contributed by atoms with van der Waals surface area (Å²) in [6.45, 7) is 6.09. The Bertz CT molecular complexity index is 492. The summed E-state index contributed by atoms with van der Waals surface area (Å²) >= 11 is 0. The van der Waals surface area contributed by atoms with Crippen molar-refractivity contribution in [2.75, 3.05) is 13.1 Å². The Morgan fingerprint density at radius 2 is 1.90 bits per heavy atom. The van der Waals surface area contributed by atoms with Crippen LogP contribution in [0.25, 0.3) is 0 Å². The lowest BCUT2D eigenvalue weighted by Crippen LogP contribution is -2.38. The number of hydrogen-bond donors (Lipinski definition) is 2. The Morgan fingerprint density at radius 1 is 1.30 bits per heavy atom. The summed E-state index contributed by atoms with van der Waals surface area (Å²) in [5, 5.41) is 19.9. The van der Waals surface area contributed by atoms with E-state index in [0.29, 0.717) is 18.5 Å². The van der Waals surface area contributed by atoms with Crippen LogP contribution >= 0.6 is 0 Å². The number of carbonyl (C=O) groups excluding carboxylic acids is 1. The van der Waals surface area contributed by atoms with Crippen molar-refractivity contribution < 1.29 is 19.7 Å². The summed E-state index contributed by atoms with van der Waals surface area (Å²) < 4.78 is 5.31. The SMILES string of the molecule is CC(C)(C)OC(=O)N1CCC(O)(c2ccc(O)cc2)C1. The van der Waals surface area contributed by atoms with Gasteiger partial charge in [0.1, 0.15) is 17.0 Å². The minimum absolute atomic E-state index is 0.152. The fraction of sp³-hybridized carbons (Fsp3) is 0.533. The van der Waals surface area contributed by atoms with Crippen molar-refractivity contribution in [1.82, 2.24) is 4.90 Å². The Balaban J connectivity index is 2.07. The largest absolute Gasteiger partial charge is 0.508 e. The average Bonchev–Trinajstić information content (AvgIpc) is 2.72. The molecule has 0 radical (unpaired) electrons. The van der Waals surface area contributed by atoms with Crippen molar-refractivity contribution in [2.45, 2.75) is 38.4 Å². The molecule has 0 bridgehead atoms. The van der Waals surface area contributed by atoms with Crippen molar-refractivity contribution in [1.29, 1.82) is 0 Å². The molecule has 5 heteroatoms. The zero-order valence-corrected chi connectivity index (χ0v) is 12.1. The molecule has 0 aromatic heterocycles. The number of hydrogen-bond acceptors (Lipinski definition) is 4. The van der Waals surface area contributed by atoms with E-state index in [1.807, 2.05) is 20.8 Å². The molecule has 1 aliphatic heterocycles. The van der Waals surface area contributed by atoms with Gasteiger partial charge < -0.3 is 19.8 Å². The maximum absolute atomic E-state index is 12.0. The van der Waals surface area contributed by atoms with Crippen molar-refractivity contribution in [3.8, 4) is 5.75 Å². The van der Waals surface area contributed by atoms with Crippen molar-refractivity contribution in [3.63, 3.8) is 0 Å². The molecule has 0 saturated carbocycles. The molecule has 1 fully saturated rings. The van der Waals surface area contributed by atoms with Crippen LogP contribution in [0.15, 0.2) is 24.3 Å². The first kappa shape index (κ1) is 14.7. The van der Waals surface area contributed by atoms with E-state index in [-0.39, 0.29) is 12.3 Å². The van der Waals surface area contributed by atoms with Gasteiger partial charge in [0, 0.05) is 6.54 Å².